The van der Waals surface area contributed by atoms with Crippen molar-refractivity contribution in [3.63, 3.8) is 0 Å². The SMILES string of the molecule is O=C(NC[C@H](c1cccnc1)N1CCOCC1)c1cc(C2CC2)[nH]n1. The monoisotopic (exact) mass is 341 g/mol. The Morgan fingerprint density at radius 3 is 2.96 bits per heavy atom. The van der Waals surface area contributed by atoms with Gasteiger partial charge in [-0.1, -0.05) is 6.07 Å². The number of ether oxygens (including phenoxy) is 1. The second-order valence-corrected chi connectivity index (χ2v) is 6.64. The number of aromatic amines is 1. The van der Waals surface area contributed by atoms with E-state index in [1.54, 1.807) is 6.20 Å². The van der Waals surface area contributed by atoms with Gasteiger partial charge in [-0.3, -0.25) is 19.8 Å². The van der Waals surface area contributed by atoms with Crippen LogP contribution in [0.15, 0.2) is 30.6 Å². The summed E-state index contributed by atoms with van der Waals surface area (Å²) < 4.78 is 5.45. The Labute approximate surface area is 146 Å². The van der Waals surface area contributed by atoms with Crippen molar-refractivity contribution in [2.24, 2.45) is 0 Å². The maximum atomic E-state index is 12.5. The van der Waals surface area contributed by atoms with Gasteiger partial charge < -0.3 is 10.1 Å². The van der Waals surface area contributed by atoms with Crippen LogP contribution < -0.4 is 5.32 Å². The van der Waals surface area contributed by atoms with E-state index in [-0.39, 0.29) is 11.9 Å². The number of hydrogen-bond acceptors (Lipinski definition) is 5. The quantitative estimate of drug-likeness (QED) is 0.832. The van der Waals surface area contributed by atoms with Gasteiger partial charge in [0.2, 0.25) is 0 Å². The minimum Gasteiger partial charge on any atom is -0.379 e. The van der Waals surface area contributed by atoms with Gasteiger partial charge in [0.15, 0.2) is 0 Å². The van der Waals surface area contributed by atoms with Crippen LogP contribution >= 0.6 is 0 Å². The third-order valence-corrected chi connectivity index (χ3v) is 4.86. The van der Waals surface area contributed by atoms with Gasteiger partial charge in [0.25, 0.3) is 5.91 Å². The highest BCUT2D eigenvalue weighted by atomic mass is 16.5. The molecule has 25 heavy (non-hydrogen) atoms. The van der Waals surface area contributed by atoms with Crippen molar-refractivity contribution in [3.8, 4) is 0 Å². The number of hydrogen-bond donors (Lipinski definition) is 2. The molecular formula is C18H23N5O2. The molecule has 0 radical (unpaired) electrons. The molecule has 1 atom stereocenters. The number of morpholine rings is 1. The molecule has 0 spiro atoms. The Morgan fingerprint density at radius 1 is 1.40 bits per heavy atom. The molecule has 3 heterocycles. The molecule has 0 bridgehead atoms. The molecule has 1 aliphatic carbocycles. The normalized spacial score (nSPS) is 19.5. The van der Waals surface area contributed by atoms with E-state index in [1.807, 2.05) is 18.3 Å². The first-order chi connectivity index (χ1) is 12.3. The van der Waals surface area contributed by atoms with Crippen LogP contribution in [-0.4, -0.2) is 58.8 Å². The van der Waals surface area contributed by atoms with Crippen LogP contribution in [0.4, 0.5) is 0 Å². The van der Waals surface area contributed by atoms with Crippen molar-refractivity contribution < 1.29 is 9.53 Å². The third-order valence-electron chi connectivity index (χ3n) is 4.86. The zero-order valence-corrected chi connectivity index (χ0v) is 14.1. The standard InChI is InChI=1S/C18H23N5O2/c24-18(16-10-15(21-22-16)13-3-4-13)20-12-17(14-2-1-5-19-11-14)23-6-8-25-9-7-23/h1-2,5,10-11,13,17H,3-4,6-9,12H2,(H,20,24)(H,21,22)/t17-/m1/s1. The third kappa shape index (κ3) is 3.88. The Morgan fingerprint density at radius 2 is 2.24 bits per heavy atom. The van der Waals surface area contributed by atoms with Crippen molar-refractivity contribution in [1.29, 1.82) is 0 Å². The Balaban J connectivity index is 1.43. The van der Waals surface area contributed by atoms with Crippen LogP contribution in [0.25, 0.3) is 0 Å². The second-order valence-electron chi connectivity index (χ2n) is 6.64. The number of carbonyl (C=O) groups is 1. The molecule has 1 amide bonds. The molecule has 0 aromatic carbocycles. The number of H-pyrrole nitrogens is 1. The molecule has 132 valence electrons. The first kappa shape index (κ1) is 16.2. The molecule has 1 saturated heterocycles. The highest BCUT2D eigenvalue weighted by Gasteiger charge is 2.27. The Kier molecular flexibility index (Phi) is 4.76. The molecule has 4 rings (SSSR count). The summed E-state index contributed by atoms with van der Waals surface area (Å²) >= 11 is 0. The van der Waals surface area contributed by atoms with Crippen LogP contribution in [0.5, 0.6) is 0 Å². The van der Waals surface area contributed by atoms with Gasteiger partial charge in [-0.2, -0.15) is 5.10 Å². The van der Waals surface area contributed by atoms with E-state index in [4.69, 9.17) is 4.74 Å². The van der Waals surface area contributed by atoms with E-state index >= 15 is 0 Å². The smallest absolute Gasteiger partial charge is 0.271 e. The fraction of sp³-hybridized carbons (Fsp3) is 0.500. The molecule has 2 aliphatic rings. The summed E-state index contributed by atoms with van der Waals surface area (Å²) in [6, 6.07) is 5.95. The molecule has 2 N–H and O–H groups in total. The lowest BCUT2D eigenvalue weighted by molar-refractivity contribution is 0.0161. The largest absolute Gasteiger partial charge is 0.379 e. The van der Waals surface area contributed by atoms with Gasteiger partial charge in [0, 0.05) is 43.6 Å². The fourth-order valence-electron chi connectivity index (χ4n) is 3.26. The fourth-order valence-corrected chi connectivity index (χ4v) is 3.26. The van der Waals surface area contributed by atoms with Gasteiger partial charge in [-0.05, 0) is 30.5 Å². The predicted octanol–water partition coefficient (Wildman–Crippen LogP) is 1.49. The molecule has 0 unspecified atom stereocenters. The lowest BCUT2D eigenvalue weighted by Gasteiger charge is -2.34. The van der Waals surface area contributed by atoms with E-state index in [1.165, 1.54) is 12.8 Å². The van der Waals surface area contributed by atoms with Crippen molar-refractivity contribution in [2.75, 3.05) is 32.8 Å². The maximum Gasteiger partial charge on any atom is 0.271 e. The van der Waals surface area contributed by atoms with Gasteiger partial charge in [0.05, 0.1) is 19.3 Å². The van der Waals surface area contributed by atoms with Crippen molar-refractivity contribution in [2.45, 2.75) is 24.8 Å². The van der Waals surface area contributed by atoms with Crippen LogP contribution in [0.3, 0.4) is 0 Å². The van der Waals surface area contributed by atoms with Crippen LogP contribution in [0, 0.1) is 0 Å². The van der Waals surface area contributed by atoms with E-state index < -0.39 is 0 Å². The summed E-state index contributed by atoms with van der Waals surface area (Å²) in [7, 11) is 0. The number of carbonyl (C=O) groups excluding carboxylic acids is 1. The molecule has 2 aromatic rings. The van der Waals surface area contributed by atoms with E-state index in [0.717, 1.165) is 37.6 Å². The maximum absolute atomic E-state index is 12.5. The van der Waals surface area contributed by atoms with Crippen molar-refractivity contribution in [1.82, 2.24) is 25.4 Å². The van der Waals surface area contributed by atoms with Crippen LogP contribution in [-0.2, 0) is 4.74 Å². The van der Waals surface area contributed by atoms with E-state index in [0.29, 0.717) is 18.2 Å². The van der Waals surface area contributed by atoms with Crippen molar-refractivity contribution >= 4 is 5.91 Å². The van der Waals surface area contributed by atoms with Crippen molar-refractivity contribution in [3.05, 3.63) is 47.5 Å². The molecule has 1 saturated carbocycles. The topological polar surface area (TPSA) is 83.1 Å². The molecule has 1 aliphatic heterocycles. The van der Waals surface area contributed by atoms with Crippen LogP contribution in [0.1, 0.15) is 46.5 Å². The molecular weight excluding hydrogens is 318 g/mol. The average molecular weight is 341 g/mol. The van der Waals surface area contributed by atoms with Gasteiger partial charge in [-0.25, -0.2) is 0 Å². The average Bonchev–Trinajstić information content (AvgIpc) is 3.40. The zero-order valence-electron chi connectivity index (χ0n) is 14.1. The summed E-state index contributed by atoms with van der Waals surface area (Å²) in [5.74, 6) is 0.427. The summed E-state index contributed by atoms with van der Waals surface area (Å²) in [5, 5.41) is 10.2. The Hall–Kier alpha value is -2.25. The van der Waals surface area contributed by atoms with Gasteiger partial charge in [0.1, 0.15) is 5.69 Å². The lowest BCUT2D eigenvalue weighted by Crippen LogP contribution is -2.43. The van der Waals surface area contributed by atoms with Gasteiger partial charge in [-0.15, -0.1) is 0 Å². The summed E-state index contributed by atoms with van der Waals surface area (Å²) in [4.78, 5) is 19.0. The molecule has 2 fully saturated rings. The number of rotatable bonds is 6. The highest BCUT2D eigenvalue weighted by molar-refractivity contribution is 5.92. The first-order valence-corrected chi connectivity index (χ1v) is 8.86. The number of amides is 1. The Bertz CT molecular complexity index is 707. The van der Waals surface area contributed by atoms with Gasteiger partial charge >= 0.3 is 0 Å². The highest BCUT2D eigenvalue weighted by Crippen LogP contribution is 2.38. The zero-order chi connectivity index (χ0) is 17.1. The molecule has 2 aromatic heterocycles. The van der Waals surface area contributed by atoms with E-state index in [9.17, 15) is 4.79 Å². The molecule has 7 heteroatoms. The second kappa shape index (κ2) is 7.33. The molecule has 7 nitrogen and oxygen atoms in total. The summed E-state index contributed by atoms with van der Waals surface area (Å²) in [5.41, 5.74) is 2.64. The van der Waals surface area contributed by atoms with E-state index in [2.05, 4.69) is 31.5 Å². The number of nitrogens with zero attached hydrogens (tertiary/aromatic N) is 3. The summed E-state index contributed by atoms with van der Waals surface area (Å²) in [6.45, 7) is 3.66. The predicted molar refractivity (Wildman–Crippen MR) is 92.3 cm³/mol. The number of pyridine rings is 1. The minimum atomic E-state index is -0.134. The lowest BCUT2D eigenvalue weighted by atomic mass is 10.1. The first-order valence-electron chi connectivity index (χ1n) is 8.86. The number of aromatic nitrogens is 3. The summed E-state index contributed by atoms with van der Waals surface area (Å²) in [6.07, 6.45) is 6.00. The number of nitrogens with one attached hydrogen (secondary N) is 2. The van der Waals surface area contributed by atoms with Crippen LogP contribution in [0.2, 0.25) is 0 Å². The minimum absolute atomic E-state index is 0.0865.